The molecule has 2 N–H and O–H groups in total. The number of amides is 1. The first-order chi connectivity index (χ1) is 13.7. The molecule has 1 aromatic carbocycles. The summed E-state index contributed by atoms with van der Waals surface area (Å²) in [6.07, 6.45) is 5.17. The number of pyridine rings is 1. The number of benzene rings is 1. The van der Waals surface area contributed by atoms with Gasteiger partial charge in [-0.1, -0.05) is 6.07 Å². The molecule has 1 atom stereocenters. The number of carbonyl (C=O) groups excluding carboxylic acids is 1. The fraction of sp³-hybridized carbons (Fsp3) is 0.429. The van der Waals surface area contributed by atoms with E-state index in [1.807, 2.05) is 24.3 Å². The summed E-state index contributed by atoms with van der Waals surface area (Å²) in [6.45, 7) is 1.62. The summed E-state index contributed by atoms with van der Waals surface area (Å²) in [6, 6.07) is 9.37. The molecule has 3 rings (SSSR count). The molecular weight excluding hydrogens is 358 g/mol. The van der Waals surface area contributed by atoms with Crippen molar-refractivity contribution in [3.05, 3.63) is 42.1 Å². The van der Waals surface area contributed by atoms with Gasteiger partial charge < -0.3 is 24.8 Å². The van der Waals surface area contributed by atoms with Gasteiger partial charge in [0.2, 0.25) is 5.91 Å². The molecule has 1 aliphatic rings. The molecule has 0 aliphatic carbocycles. The number of nitrogens with one attached hydrogen (secondary N) is 2. The molecule has 0 bridgehead atoms. The Labute approximate surface area is 165 Å². The predicted molar refractivity (Wildman–Crippen MR) is 108 cm³/mol. The van der Waals surface area contributed by atoms with Crippen molar-refractivity contribution in [3.63, 3.8) is 0 Å². The topological polar surface area (TPSA) is 81.7 Å². The maximum Gasteiger partial charge on any atom is 0.225 e. The van der Waals surface area contributed by atoms with Gasteiger partial charge in [0, 0.05) is 19.6 Å². The van der Waals surface area contributed by atoms with Gasteiger partial charge in [-0.25, -0.2) is 4.98 Å². The van der Waals surface area contributed by atoms with E-state index in [1.54, 1.807) is 26.5 Å². The Morgan fingerprint density at radius 3 is 2.75 bits per heavy atom. The highest BCUT2D eigenvalue weighted by Gasteiger charge is 2.14. The summed E-state index contributed by atoms with van der Waals surface area (Å²) in [5.41, 5.74) is 1.92. The molecule has 1 aliphatic heterocycles. The van der Waals surface area contributed by atoms with Gasteiger partial charge in [0.15, 0.2) is 11.5 Å². The summed E-state index contributed by atoms with van der Waals surface area (Å²) in [7, 11) is 3.20. The number of aryl methyl sites for hydroxylation is 1. The lowest BCUT2D eigenvalue weighted by molar-refractivity contribution is -0.116. The molecule has 28 heavy (non-hydrogen) atoms. The second-order valence-corrected chi connectivity index (χ2v) is 6.69. The van der Waals surface area contributed by atoms with Crippen LogP contribution in [-0.2, 0) is 16.0 Å². The van der Waals surface area contributed by atoms with Crippen LogP contribution in [0.3, 0.4) is 0 Å². The summed E-state index contributed by atoms with van der Waals surface area (Å²) in [4.78, 5) is 16.5. The van der Waals surface area contributed by atoms with Gasteiger partial charge in [0.05, 0.1) is 32.2 Å². The highest BCUT2D eigenvalue weighted by molar-refractivity contribution is 5.89. The number of anilines is 2. The van der Waals surface area contributed by atoms with Crippen molar-refractivity contribution in [2.24, 2.45) is 0 Å². The Hall–Kier alpha value is -2.80. The highest BCUT2D eigenvalue weighted by Crippen LogP contribution is 2.28. The van der Waals surface area contributed by atoms with E-state index in [4.69, 9.17) is 14.2 Å². The fourth-order valence-corrected chi connectivity index (χ4v) is 3.11. The minimum atomic E-state index is -0.0812. The number of carbonyl (C=O) groups is 1. The van der Waals surface area contributed by atoms with Gasteiger partial charge in [-0.15, -0.1) is 0 Å². The number of aromatic nitrogens is 1. The van der Waals surface area contributed by atoms with E-state index < -0.39 is 0 Å². The Morgan fingerprint density at radius 2 is 2.07 bits per heavy atom. The Morgan fingerprint density at radius 1 is 1.21 bits per heavy atom. The van der Waals surface area contributed by atoms with E-state index in [-0.39, 0.29) is 12.0 Å². The van der Waals surface area contributed by atoms with Crippen molar-refractivity contribution in [1.82, 2.24) is 4.98 Å². The average Bonchev–Trinajstić information content (AvgIpc) is 3.25. The first kappa shape index (κ1) is 19.9. The number of hydrogen-bond donors (Lipinski definition) is 2. The standard InChI is InChI=1S/C21H27N3O4/c1-26-18-8-5-15(12-19(18)27-2)6-10-21(25)24-20-9-7-16(13-23-20)22-14-17-4-3-11-28-17/h5,7-9,12-13,17,22H,3-4,6,10-11,14H2,1-2H3,(H,23,24,25). The van der Waals surface area contributed by atoms with Gasteiger partial charge in [-0.05, 0) is 49.1 Å². The summed E-state index contributed by atoms with van der Waals surface area (Å²) < 4.78 is 16.1. The lowest BCUT2D eigenvalue weighted by Crippen LogP contribution is -2.18. The number of rotatable bonds is 9. The van der Waals surface area contributed by atoms with Crippen molar-refractivity contribution >= 4 is 17.4 Å². The van der Waals surface area contributed by atoms with Crippen LogP contribution in [0.25, 0.3) is 0 Å². The third-order valence-corrected chi connectivity index (χ3v) is 4.68. The van der Waals surface area contributed by atoms with Gasteiger partial charge in [-0.2, -0.15) is 0 Å². The minimum Gasteiger partial charge on any atom is -0.493 e. The van der Waals surface area contributed by atoms with Crippen molar-refractivity contribution in [2.75, 3.05) is 38.0 Å². The quantitative estimate of drug-likeness (QED) is 0.690. The van der Waals surface area contributed by atoms with Gasteiger partial charge in [-0.3, -0.25) is 4.79 Å². The van der Waals surface area contributed by atoms with Crippen LogP contribution in [-0.4, -0.2) is 44.4 Å². The molecule has 0 saturated carbocycles. The van der Waals surface area contributed by atoms with E-state index in [9.17, 15) is 4.79 Å². The lowest BCUT2D eigenvalue weighted by atomic mass is 10.1. The molecule has 0 spiro atoms. The second-order valence-electron chi connectivity index (χ2n) is 6.69. The van der Waals surface area contributed by atoms with Crippen LogP contribution < -0.4 is 20.1 Å². The molecule has 1 saturated heterocycles. The smallest absolute Gasteiger partial charge is 0.225 e. The normalized spacial score (nSPS) is 15.9. The number of hydrogen-bond acceptors (Lipinski definition) is 6. The van der Waals surface area contributed by atoms with Crippen LogP contribution in [0.15, 0.2) is 36.5 Å². The zero-order valence-corrected chi connectivity index (χ0v) is 16.4. The highest BCUT2D eigenvalue weighted by atomic mass is 16.5. The maximum atomic E-state index is 12.2. The van der Waals surface area contributed by atoms with E-state index in [0.29, 0.717) is 30.2 Å². The summed E-state index contributed by atoms with van der Waals surface area (Å²) >= 11 is 0. The molecular formula is C21H27N3O4. The number of methoxy groups -OCH3 is 2. The van der Waals surface area contributed by atoms with E-state index in [2.05, 4.69) is 15.6 Å². The van der Waals surface area contributed by atoms with Crippen molar-refractivity contribution in [3.8, 4) is 11.5 Å². The van der Waals surface area contributed by atoms with Crippen LogP contribution in [0.1, 0.15) is 24.8 Å². The van der Waals surface area contributed by atoms with Crippen LogP contribution in [0.4, 0.5) is 11.5 Å². The Bertz CT molecular complexity index is 774. The zero-order valence-electron chi connectivity index (χ0n) is 16.4. The zero-order chi connectivity index (χ0) is 19.8. The molecule has 1 unspecified atom stereocenters. The van der Waals surface area contributed by atoms with E-state index in [0.717, 1.165) is 37.2 Å². The van der Waals surface area contributed by atoms with E-state index in [1.165, 1.54) is 0 Å². The van der Waals surface area contributed by atoms with Crippen LogP contribution in [0, 0.1) is 0 Å². The van der Waals surface area contributed by atoms with Gasteiger partial charge in [0.25, 0.3) is 0 Å². The molecule has 7 nitrogen and oxygen atoms in total. The number of nitrogens with zero attached hydrogens (tertiary/aromatic N) is 1. The minimum absolute atomic E-state index is 0.0812. The van der Waals surface area contributed by atoms with Crippen LogP contribution >= 0.6 is 0 Å². The molecule has 1 fully saturated rings. The molecule has 2 heterocycles. The third kappa shape index (κ3) is 5.60. The molecule has 150 valence electrons. The second kappa shape index (κ2) is 9.94. The maximum absolute atomic E-state index is 12.2. The molecule has 0 radical (unpaired) electrons. The van der Waals surface area contributed by atoms with Gasteiger partial charge >= 0.3 is 0 Å². The first-order valence-electron chi connectivity index (χ1n) is 9.50. The molecule has 1 aromatic heterocycles. The Kier molecular flexibility index (Phi) is 7.08. The van der Waals surface area contributed by atoms with Crippen LogP contribution in [0.5, 0.6) is 11.5 Å². The number of ether oxygens (including phenoxy) is 3. The van der Waals surface area contributed by atoms with E-state index >= 15 is 0 Å². The monoisotopic (exact) mass is 385 g/mol. The summed E-state index contributed by atoms with van der Waals surface area (Å²) in [5, 5.41) is 6.14. The largest absolute Gasteiger partial charge is 0.493 e. The SMILES string of the molecule is COc1ccc(CCC(=O)Nc2ccc(NCC3CCCO3)cn2)cc1OC. The lowest BCUT2D eigenvalue weighted by Gasteiger charge is -2.12. The molecule has 2 aromatic rings. The Balaban J connectivity index is 1.45. The average molecular weight is 385 g/mol. The van der Waals surface area contributed by atoms with Crippen molar-refractivity contribution in [1.29, 1.82) is 0 Å². The fourth-order valence-electron chi connectivity index (χ4n) is 3.11. The first-order valence-corrected chi connectivity index (χ1v) is 9.50. The predicted octanol–water partition coefficient (Wildman–Crippen LogP) is 3.26. The van der Waals surface area contributed by atoms with Crippen molar-refractivity contribution < 1.29 is 19.0 Å². The molecule has 7 heteroatoms. The third-order valence-electron chi connectivity index (χ3n) is 4.68. The van der Waals surface area contributed by atoms with Crippen LogP contribution in [0.2, 0.25) is 0 Å². The summed E-state index contributed by atoms with van der Waals surface area (Å²) in [5.74, 6) is 1.79. The molecule has 1 amide bonds. The van der Waals surface area contributed by atoms with Gasteiger partial charge in [0.1, 0.15) is 5.82 Å². The van der Waals surface area contributed by atoms with Crippen molar-refractivity contribution in [2.45, 2.75) is 31.8 Å².